The number of hydrogen-bond donors (Lipinski definition) is 1. The molecule has 1 amide bonds. The highest BCUT2D eigenvalue weighted by atomic mass is 79.9. The van der Waals surface area contributed by atoms with Crippen molar-refractivity contribution in [2.24, 2.45) is 0 Å². The molecule has 5 heteroatoms. The van der Waals surface area contributed by atoms with E-state index >= 15 is 0 Å². The first kappa shape index (κ1) is 11.0. The van der Waals surface area contributed by atoms with E-state index in [1.807, 2.05) is 0 Å². The highest BCUT2D eigenvalue weighted by molar-refractivity contribution is 9.10. The van der Waals surface area contributed by atoms with E-state index in [-0.39, 0.29) is 17.0 Å². The van der Waals surface area contributed by atoms with E-state index in [2.05, 4.69) is 28.6 Å². The predicted molar refractivity (Wildman–Crippen MR) is 63.8 cm³/mol. The predicted octanol–water partition coefficient (Wildman–Crippen LogP) is 2.62. The first-order chi connectivity index (χ1) is 7.08. The number of halogens is 2. The Bertz CT molecular complexity index is 412. The van der Waals surface area contributed by atoms with Gasteiger partial charge in [-0.05, 0) is 18.2 Å². The van der Waals surface area contributed by atoms with Crippen molar-refractivity contribution in [1.29, 1.82) is 0 Å². The second-order valence-electron chi connectivity index (χ2n) is 3.46. The third-order valence-corrected chi connectivity index (χ3v) is 3.14. The average Bonchev–Trinajstić information content (AvgIpc) is 2.50. The van der Waals surface area contributed by atoms with Crippen LogP contribution < -0.4 is 4.90 Å². The van der Waals surface area contributed by atoms with Crippen LogP contribution in [0.4, 0.5) is 10.1 Å². The monoisotopic (exact) mass is 289 g/mol. The normalized spacial score (nSPS) is 21.1. The molecule has 2 rings (SSSR count). The molecule has 1 heterocycles. The first-order valence-corrected chi connectivity index (χ1v) is 5.82. The van der Waals surface area contributed by atoms with Gasteiger partial charge in [0.25, 0.3) is 0 Å². The van der Waals surface area contributed by atoms with Gasteiger partial charge in [0.2, 0.25) is 5.91 Å². The summed E-state index contributed by atoms with van der Waals surface area (Å²) < 4.78 is 14.2. The molecule has 15 heavy (non-hydrogen) atoms. The van der Waals surface area contributed by atoms with Crippen LogP contribution in [0.25, 0.3) is 0 Å². The van der Waals surface area contributed by atoms with E-state index in [1.165, 1.54) is 11.0 Å². The molecule has 0 saturated carbocycles. The van der Waals surface area contributed by atoms with Gasteiger partial charge in [-0.1, -0.05) is 15.9 Å². The minimum Gasteiger partial charge on any atom is -0.308 e. The van der Waals surface area contributed by atoms with Crippen LogP contribution in [-0.2, 0) is 4.79 Å². The lowest BCUT2D eigenvalue weighted by Crippen LogP contribution is -2.25. The molecule has 1 aliphatic heterocycles. The minimum atomic E-state index is -0.381. The van der Waals surface area contributed by atoms with Crippen molar-refractivity contribution >= 4 is 40.2 Å². The van der Waals surface area contributed by atoms with Gasteiger partial charge in [0.05, 0.1) is 5.69 Å². The Morgan fingerprint density at radius 2 is 2.27 bits per heavy atom. The van der Waals surface area contributed by atoms with Gasteiger partial charge >= 0.3 is 0 Å². The van der Waals surface area contributed by atoms with Gasteiger partial charge in [-0.3, -0.25) is 4.79 Å². The Hall–Kier alpha value is -0.550. The fourth-order valence-electron chi connectivity index (χ4n) is 1.61. The second-order valence-corrected chi connectivity index (χ2v) is 5.10. The summed E-state index contributed by atoms with van der Waals surface area (Å²) in [6.07, 6.45) is 0.370. The van der Waals surface area contributed by atoms with Crippen LogP contribution in [0.3, 0.4) is 0 Å². The molecular weight excluding hydrogens is 281 g/mol. The molecule has 0 aliphatic carbocycles. The van der Waals surface area contributed by atoms with Crippen molar-refractivity contribution in [2.45, 2.75) is 11.7 Å². The van der Waals surface area contributed by atoms with Crippen LogP contribution >= 0.6 is 28.6 Å². The van der Waals surface area contributed by atoms with Crippen molar-refractivity contribution in [3.05, 3.63) is 28.5 Å². The van der Waals surface area contributed by atoms with Gasteiger partial charge in [-0.15, -0.1) is 0 Å². The zero-order valence-electron chi connectivity index (χ0n) is 7.78. The molecular formula is C10H9BrFNOS. The molecule has 0 radical (unpaired) electrons. The number of rotatable bonds is 1. The molecule has 80 valence electrons. The number of nitrogens with zero attached hydrogens (tertiary/aromatic N) is 1. The van der Waals surface area contributed by atoms with Crippen LogP contribution in [0, 0.1) is 5.82 Å². The third-order valence-electron chi connectivity index (χ3n) is 2.30. The van der Waals surface area contributed by atoms with E-state index in [1.54, 1.807) is 12.1 Å². The summed E-state index contributed by atoms with van der Waals surface area (Å²) in [5.74, 6) is -0.457. The number of carbonyl (C=O) groups excluding carboxylic acids is 1. The van der Waals surface area contributed by atoms with Gasteiger partial charge in [0.15, 0.2) is 0 Å². The van der Waals surface area contributed by atoms with Gasteiger partial charge < -0.3 is 4.90 Å². The largest absolute Gasteiger partial charge is 0.308 e. The first-order valence-electron chi connectivity index (χ1n) is 4.51. The van der Waals surface area contributed by atoms with Crippen molar-refractivity contribution in [3.63, 3.8) is 0 Å². The Labute approximate surface area is 101 Å². The zero-order valence-corrected chi connectivity index (χ0v) is 10.3. The molecule has 1 unspecified atom stereocenters. The van der Waals surface area contributed by atoms with E-state index in [4.69, 9.17) is 0 Å². The molecule has 0 N–H and O–H groups in total. The van der Waals surface area contributed by atoms with Gasteiger partial charge in [-0.2, -0.15) is 12.6 Å². The summed E-state index contributed by atoms with van der Waals surface area (Å²) in [5, 5.41) is -0.00381. The number of amides is 1. The lowest BCUT2D eigenvalue weighted by atomic mass is 10.3. The maximum Gasteiger partial charge on any atom is 0.228 e. The van der Waals surface area contributed by atoms with Crippen LogP contribution in [0.2, 0.25) is 0 Å². The molecule has 1 aromatic carbocycles. The smallest absolute Gasteiger partial charge is 0.228 e. The Morgan fingerprint density at radius 3 is 2.87 bits per heavy atom. The summed E-state index contributed by atoms with van der Waals surface area (Å²) in [6, 6.07) is 4.56. The lowest BCUT2D eigenvalue weighted by Gasteiger charge is -2.16. The summed E-state index contributed by atoms with van der Waals surface area (Å²) in [7, 11) is 0. The summed E-state index contributed by atoms with van der Waals surface area (Å²) >= 11 is 7.48. The summed E-state index contributed by atoms with van der Waals surface area (Å²) in [4.78, 5) is 13.0. The Morgan fingerprint density at radius 1 is 1.53 bits per heavy atom. The van der Waals surface area contributed by atoms with Crippen molar-refractivity contribution in [1.82, 2.24) is 0 Å². The van der Waals surface area contributed by atoms with Gasteiger partial charge in [-0.25, -0.2) is 4.39 Å². The summed E-state index contributed by atoms with van der Waals surface area (Å²) in [6.45, 7) is 0.468. The van der Waals surface area contributed by atoms with Crippen molar-refractivity contribution < 1.29 is 9.18 Å². The van der Waals surface area contributed by atoms with Crippen LogP contribution in [0.5, 0.6) is 0 Å². The zero-order chi connectivity index (χ0) is 11.0. The SMILES string of the molecule is O=C1CC(S)CN1c1cc(Br)ccc1F. The number of anilines is 1. The fraction of sp³-hybridized carbons (Fsp3) is 0.300. The molecule has 1 aliphatic rings. The third kappa shape index (κ3) is 2.18. The molecule has 2 nitrogen and oxygen atoms in total. The molecule has 1 saturated heterocycles. The molecule has 0 bridgehead atoms. The number of thiol groups is 1. The molecule has 1 atom stereocenters. The maximum atomic E-state index is 13.5. The molecule has 0 aromatic heterocycles. The molecule has 0 spiro atoms. The quantitative estimate of drug-likeness (QED) is 0.788. The van der Waals surface area contributed by atoms with Gasteiger partial charge in [0, 0.05) is 22.7 Å². The molecule has 1 fully saturated rings. The summed E-state index contributed by atoms with van der Waals surface area (Å²) in [5.41, 5.74) is 0.325. The van der Waals surface area contributed by atoms with Crippen molar-refractivity contribution in [3.8, 4) is 0 Å². The van der Waals surface area contributed by atoms with E-state index in [9.17, 15) is 9.18 Å². The Kier molecular flexibility index (Phi) is 3.02. The Balaban J connectivity index is 2.37. The molecule has 1 aromatic rings. The number of benzene rings is 1. The topological polar surface area (TPSA) is 20.3 Å². The minimum absolute atomic E-state index is 0.00381. The lowest BCUT2D eigenvalue weighted by molar-refractivity contribution is -0.117. The van der Waals surface area contributed by atoms with E-state index in [0.717, 1.165) is 4.47 Å². The number of carbonyl (C=O) groups is 1. The highest BCUT2D eigenvalue weighted by Gasteiger charge is 2.29. The van der Waals surface area contributed by atoms with E-state index in [0.29, 0.717) is 18.7 Å². The van der Waals surface area contributed by atoms with Crippen LogP contribution in [-0.4, -0.2) is 17.7 Å². The second kappa shape index (κ2) is 4.14. The van der Waals surface area contributed by atoms with Crippen LogP contribution in [0.15, 0.2) is 22.7 Å². The average molecular weight is 290 g/mol. The van der Waals surface area contributed by atoms with Crippen LogP contribution in [0.1, 0.15) is 6.42 Å². The fourth-order valence-corrected chi connectivity index (χ4v) is 2.28. The van der Waals surface area contributed by atoms with Crippen molar-refractivity contribution in [2.75, 3.05) is 11.4 Å². The van der Waals surface area contributed by atoms with E-state index < -0.39 is 0 Å². The highest BCUT2D eigenvalue weighted by Crippen LogP contribution is 2.28. The van der Waals surface area contributed by atoms with Gasteiger partial charge in [0.1, 0.15) is 5.82 Å². The maximum absolute atomic E-state index is 13.5. The number of hydrogen-bond acceptors (Lipinski definition) is 2. The standard InChI is InChI=1S/C10H9BrFNOS/c11-6-1-2-8(12)9(3-6)13-5-7(15)4-10(13)14/h1-3,7,15H,4-5H2.